The fourth-order valence-corrected chi connectivity index (χ4v) is 6.77. The number of hydrogen-bond acceptors (Lipinski definition) is 7. The van der Waals surface area contributed by atoms with E-state index in [1.165, 1.54) is 4.90 Å². The first-order valence-electron chi connectivity index (χ1n) is 15.1. The summed E-state index contributed by atoms with van der Waals surface area (Å²) in [7, 11) is 0. The van der Waals surface area contributed by atoms with Crippen molar-refractivity contribution in [2.24, 2.45) is 11.8 Å². The summed E-state index contributed by atoms with van der Waals surface area (Å²) in [6.45, 7) is 4.41. The topological polar surface area (TPSA) is 125 Å². The Kier molecular flexibility index (Phi) is 9.13. The van der Waals surface area contributed by atoms with Gasteiger partial charge in [0.1, 0.15) is 23.7 Å². The Morgan fingerprint density at radius 3 is 2.62 bits per heavy atom. The summed E-state index contributed by atoms with van der Waals surface area (Å²) >= 11 is 0. The molecule has 0 aliphatic carbocycles. The number of esters is 1. The highest BCUT2D eigenvalue weighted by Crippen LogP contribution is 2.54. The van der Waals surface area contributed by atoms with Crippen molar-refractivity contribution in [1.82, 2.24) is 15.1 Å². The first-order valence-corrected chi connectivity index (χ1v) is 15.1. The van der Waals surface area contributed by atoms with Crippen LogP contribution in [0.4, 0.5) is 0 Å². The van der Waals surface area contributed by atoms with Gasteiger partial charge in [0, 0.05) is 19.5 Å². The third-order valence-corrected chi connectivity index (χ3v) is 8.78. The SMILES string of the molecule is CCCCCN1CC=C[C@@]23O[C@H]4/C=C\CCC(=O)NC[C@H](C)OC(=O)[C@H]4[C@@H]2C(=O)N([C@H](CO)c2ccccc2)[C@H]3C1=O. The van der Waals surface area contributed by atoms with Crippen molar-refractivity contribution in [2.75, 3.05) is 26.2 Å². The van der Waals surface area contributed by atoms with Crippen LogP contribution in [0.5, 0.6) is 0 Å². The second-order valence-electron chi connectivity index (χ2n) is 11.6. The molecule has 42 heavy (non-hydrogen) atoms. The summed E-state index contributed by atoms with van der Waals surface area (Å²) < 4.78 is 12.5. The molecule has 4 aliphatic heterocycles. The fraction of sp³-hybridized carbons (Fsp3) is 0.562. The number of rotatable bonds is 7. The Bertz CT molecular complexity index is 1230. The van der Waals surface area contributed by atoms with Gasteiger partial charge in [0.2, 0.25) is 17.7 Å². The Hall–Kier alpha value is -3.50. The maximum Gasteiger partial charge on any atom is 0.313 e. The van der Waals surface area contributed by atoms with Gasteiger partial charge >= 0.3 is 5.97 Å². The van der Waals surface area contributed by atoms with E-state index in [-0.39, 0.29) is 24.8 Å². The first kappa shape index (κ1) is 30.0. The predicted octanol–water partition coefficient (Wildman–Crippen LogP) is 2.29. The van der Waals surface area contributed by atoms with Gasteiger partial charge in [-0.2, -0.15) is 0 Å². The number of hydrogen-bond donors (Lipinski definition) is 2. The summed E-state index contributed by atoms with van der Waals surface area (Å²) in [4.78, 5) is 58.2. The van der Waals surface area contributed by atoms with E-state index in [1.54, 1.807) is 30.1 Å². The number of amides is 3. The molecule has 2 fully saturated rings. The number of cyclic esters (lactones) is 1. The van der Waals surface area contributed by atoms with Crippen LogP contribution in [0, 0.1) is 11.8 Å². The number of nitrogens with zero attached hydrogens (tertiary/aromatic N) is 2. The second-order valence-corrected chi connectivity index (χ2v) is 11.6. The Morgan fingerprint density at radius 1 is 1.10 bits per heavy atom. The van der Waals surface area contributed by atoms with Crippen molar-refractivity contribution in [2.45, 2.75) is 75.8 Å². The molecule has 226 valence electrons. The van der Waals surface area contributed by atoms with Crippen LogP contribution in [0.3, 0.4) is 0 Å². The average Bonchev–Trinajstić information content (AvgIpc) is 3.37. The normalized spacial score (nSPS) is 33.0. The van der Waals surface area contributed by atoms with E-state index < -0.39 is 60.2 Å². The minimum absolute atomic E-state index is 0.148. The third-order valence-electron chi connectivity index (χ3n) is 8.78. The summed E-state index contributed by atoms with van der Waals surface area (Å²) in [5, 5.41) is 13.4. The molecule has 7 atom stereocenters. The molecule has 0 aromatic heterocycles. The zero-order chi connectivity index (χ0) is 29.9. The monoisotopic (exact) mass is 579 g/mol. The number of likely N-dealkylation sites (tertiary alicyclic amines) is 1. The van der Waals surface area contributed by atoms with Gasteiger partial charge in [-0.1, -0.05) is 74.4 Å². The van der Waals surface area contributed by atoms with Crippen LogP contribution < -0.4 is 5.32 Å². The Labute approximate surface area is 246 Å². The fourth-order valence-electron chi connectivity index (χ4n) is 6.77. The van der Waals surface area contributed by atoms with Crippen molar-refractivity contribution in [1.29, 1.82) is 0 Å². The van der Waals surface area contributed by atoms with E-state index in [0.29, 0.717) is 25.1 Å². The second kappa shape index (κ2) is 12.8. The lowest BCUT2D eigenvalue weighted by Crippen LogP contribution is -2.56. The van der Waals surface area contributed by atoms with E-state index >= 15 is 0 Å². The molecular weight excluding hydrogens is 538 g/mol. The van der Waals surface area contributed by atoms with Crippen molar-refractivity contribution in [3.8, 4) is 0 Å². The van der Waals surface area contributed by atoms with E-state index in [0.717, 1.165) is 19.3 Å². The molecule has 5 rings (SSSR count). The van der Waals surface area contributed by atoms with Crippen molar-refractivity contribution < 1.29 is 33.8 Å². The minimum atomic E-state index is -1.44. The highest BCUT2D eigenvalue weighted by atomic mass is 16.6. The molecular formula is C32H41N3O7. The van der Waals surface area contributed by atoms with Gasteiger partial charge in [-0.15, -0.1) is 0 Å². The maximum absolute atomic E-state index is 14.6. The summed E-state index contributed by atoms with van der Waals surface area (Å²) in [5.41, 5.74) is -0.754. The van der Waals surface area contributed by atoms with Crippen LogP contribution in [0.25, 0.3) is 0 Å². The predicted molar refractivity (Wildman–Crippen MR) is 154 cm³/mol. The number of allylic oxidation sites excluding steroid dienone is 1. The number of unbranched alkanes of at least 4 members (excludes halogenated alkanes) is 2. The van der Waals surface area contributed by atoms with Gasteiger partial charge in [-0.25, -0.2) is 0 Å². The van der Waals surface area contributed by atoms with Crippen molar-refractivity contribution >= 4 is 23.7 Å². The number of ether oxygens (including phenoxy) is 2. The van der Waals surface area contributed by atoms with Gasteiger partial charge in [-0.05, 0) is 25.3 Å². The molecule has 0 radical (unpaired) electrons. The molecule has 4 heterocycles. The van der Waals surface area contributed by atoms with Crippen LogP contribution in [0.1, 0.15) is 57.6 Å². The van der Waals surface area contributed by atoms with Crippen LogP contribution in [-0.4, -0.2) is 88.7 Å². The molecule has 0 bridgehead atoms. The van der Waals surface area contributed by atoms with E-state index in [9.17, 15) is 24.3 Å². The minimum Gasteiger partial charge on any atom is -0.460 e. The molecule has 1 spiro atoms. The molecule has 4 aliphatic rings. The van der Waals surface area contributed by atoms with Crippen LogP contribution in [-0.2, 0) is 28.7 Å². The molecule has 10 nitrogen and oxygen atoms in total. The molecule has 0 unspecified atom stereocenters. The number of carbonyl (C=O) groups is 4. The third kappa shape index (κ3) is 5.49. The number of fused-ring (bicyclic) bond motifs is 2. The molecule has 2 saturated heterocycles. The van der Waals surface area contributed by atoms with Crippen molar-refractivity contribution in [3.63, 3.8) is 0 Å². The van der Waals surface area contributed by atoms with Crippen LogP contribution >= 0.6 is 0 Å². The number of aliphatic hydroxyl groups is 1. The number of nitrogens with one attached hydrogen (secondary N) is 1. The molecule has 10 heteroatoms. The average molecular weight is 580 g/mol. The lowest BCUT2D eigenvalue weighted by Gasteiger charge is -2.38. The van der Waals surface area contributed by atoms with Crippen molar-refractivity contribution in [3.05, 3.63) is 60.2 Å². The Balaban J connectivity index is 1.61. The Morgan fingerprint density at radius 2 is 1.88 bits per heavy atom. The van der Waals surface area contributed by atoms with Crippen LogP contribution in [0.2, 0.25) is 0 Å². The quantitative estimate of drug-likeness (QED) is 0.289. The first-order chi connectivity index (χ1) is 20.3. The molecule has 3 amide bonds. The zero-order valence-electron chi connectivity index (χ0n) is 24.3. The lowest BCUT2D eigenvalue weighted by atomic mass is 9.78. The number of benzene rings is 1. The maximum atomic E-state index is 14.6. The van der Waals surface area contributed by atoms with Gasteiger partial charge in [0.25, 0.3) is 0 Å². The number of carbonyl (C=O) groups excluding carboxylic acids is 4. The highest BCUT2D eigenvalue weighted by molar-refractivity contribution is 5.99. The summed E-state index contributed by atoms with van der Waals surface area (Å²) in [5.74, 6) is -3.51. The molecule has 0 saturated carbocycles. The molecule has 1 aromatic carbocycles. The summed E-state index contributed by atoms with van der Waals surface area (Å²) in [6, 6.07) is 7.23. The van der Waals surface area contributed by atoms with Gasteiger partial charge < -0.3 is 29.7 Å². The standard InChI is InChI=1S/C32H41N3O7/c1-3-4-10-17-34-18-11-16-32-27(26-24(42-32)14-8-9-15-25(37)33-19-21(2)41-31(26)40)29(38)35(28(32)30(34)39)23(20-36)22-12-6-5-7-13-22/h5-8,11-14,16,21,23-24,26-28,36H,3-4,9-10,15,17-20H2,1-2H3,(H,33,37)/b14-8-/t21-,23+,24-,26+,27+,28-,32+/m0/s1. The number of aliphatic hydroxyl groups excluding tert-OH is 1. The largest absolute Gasteiger partial charge is 0.460 e. The highest BCUT2D eigenvalue weighted by Gasteiger charge is 2.72. The van der Waals surface area contributed by atoms with E-state index in [1.807, 2.05) is 36.4 Å². The molecule has 1 aromatic rings. The van der Waals surface area contributed by atoms with Gasteiger partial charge in [-0.3, -0.25) is 19.2 Å². The lowest BCUT2D eigenvalue weighted by molar-refractivity contribution is -0.159. The summed E-state index contributed by atoms with van der Waals surface area (Å²) in [6.07, 6.45) is 9.17. The van der Waals surface area contributed by atoms with Gasteiger partial charge in [0.15, 0.2) is 0 Å². The van der Waals surface area contributed by atoms with E-state index in [4.69, 9.17) is 9.47 Å². The van der Waals surface area contributed by atoms with Crippen LogP contribution in [0.15, 0.2) is 54.6 Å². The smallest absolute Gasteiger partial charge is 0.313 e. The zero-order valence-corrected chi connectivity index (χ0v) is 24.3. The van der Waals surface area contributed by atoms with Gasteiger partial charge in [0.05, 0.1) is 31.2 Å². The van der Waals surface area contributed by atoms with E-state index in [2.05, 4.69) is 12.2 Å². The molecule has 2 N–H and O–H groups in total.